The van der Waals surface area contributed by atoms with Gasteiger partial charge in [0, 0.05) is 12.2 Å². The second-order valence-corrected chi connectivity index (χ2v) is 6.01. The number of hydrogen-bond acceptors (Lipinski definition) is 3. The molecule has 4 nitrogen and oxygen atoms in total. The monoisotopic (exact) mass is 345 g/mol. The zero-order chi connectivity index (χ0) is 14.8. The molecule has 1 aliphatic heterocycles. The number of amides is 1. The average molecular weight is 346 g/mol. The molecule has 2 heterocycles. The maximum absolute atomic E-state index is 12.4. The van der Waals surface area contributed by atoms with Crippen LogP contribution in [0, 0.1) is 12.8 Å². The molecule has 1 aromatic heterocycles. The van der Waals surface area contributed by atoms with Crippen molar-refractivity contribution < 1.29 is 4.79 Å². The van der Waals surface area contributed by atoms with Gasteiger partial charge in [-0.3, -0.25) is 4.79 Å². The van der Waals surface area contributed by atoms with E-state index in [0.717, 1.165) is 28.0 Å². The van der Waals surface area contributed by atoms with Crippen LogP contribution in [0.25, 0.3) is 0 Å². The second kappa shape index (κ2) is 5.85. The van der Waals surface area contributed by atoms with E-state index in [1.165, 1.54) is 5.56 Å². The van der Waals surface area contributed by atoms with Crippen molar-refractivity contribution in [2.75, 3.05) is 17.2 Å². The molecule has 3 rings (SSSR count). The van der Waals surface area contributed by atoms with E-state index in [2.05, 4.69) is 37.6 Å². The van der Waals surface area contributed by atoms with Gasteiger partial charge >= 0.3 is 0 Å². The number of pyridine rings is 1. The summed E-state index contributed by atoms with van der Waals surface area (Å²) < 4.78 is 0.800. The van der Waals surface area contributed by atoms with E-state index >= 15 is 0 Å². The number of fused-ring (bicyclic) bond motifs is 1. The molecule has 5 heteroatoms. The predicted molar refractivity (Wildman–Crippen MR) is 87.4 cm³/mol. The molecule has 1 aromatic carbocycles. The van der Waals surface area contributed by atoms with Crippen molar-refractivity contribution in [2.24, 2.45) is 5.92 Å². The first kappa shape index (κ1) is 14.1. The molecule has 1 amide bonds. The van der Waals surface area contributed by atoms with Crippen molar-refractivity contribution in [1.29, 1.82) is 0 Å². The normalized spacial score (nSPS) is 16.8. The molecule has 108 valence electrons. The van der Waals surface area contributed by atoms with Crippen molar-refractivity contribution in [1.82, 2.24) is 4.98 Å². The molecular formula is C16H16BrN3O. The van der Waals surface area contributed by atoms with Gasteiger partial charge in [-0.1, -0.05) is 18.2 Å². The Balaban J connectivity index is 1.70. The van der Waals surface area contributed by atoms with Crippen LogP contribution in [0.5, 0.6) is 0 Å². The van der Waals surface area contributed by atoms with E-state index in [0.29, 0.717) is 6.54 Å². The Labute approximate surface area is 132 Å². The molecular weight excluding hydrogens is 330 g/mol. The number of carbonyl (C=O) groups is 1. The highest BCUT2D eigenvalue weighted by Crippen LogP contribution is 2.25. The quantitative estimate of drug-likeness (QED) is 0.820. The highest BCUT2D eigenvalue weighted by Gasteiger charge is 2.24. The summed E-state index contributed by atoms with van der Waals surface area (Å²) >= 11 is 3.36. The summed E-state index contributed by atoms with van der Waals surface area (Å²) in [5.74, 6) is -0.0376. The average Bonchev–Trinajstić information content (AvgIpc) is 2.50. The van der Waals surface area contributed by atoms with E-state index in [4.69, 9.17) is 0 Å². The van der Waals surface area contributed by atoms with E-state index < -0.39 is 0 Å². The van der Waals surface area contributed by atoms with Crippen LogP contribution in [0.2, 0.25) is 0 Å². The largest absolute Gasteiger partial charge is 0.384 e. The SMILES string of the molecule is Cc1cc(NC(=O)C2CNc3ccccc3C2)cnc1Br. The van der Waals surface area contributed by atoms with Gasteiger partial charge in [-0.05, 0) is 52.5 Å². The van der Waals surface area contributed by atoms with E-state index in [-0.39, 0.29) is 11.8 Å². The number of para-hydroxylation sites is 1. The maximum Gasteiger partial charge on any atom is 0.229 e. The van der Waals surface area contributed by atoms with Crippen LogP contribution in [0.4, 0.5) is 11.4 Å². The number of benzene rings is 1. The molecule has 1 aliphatic rings. The number of nitrogens with one attached hydrogen (secondary N) is 2. The zero-order valence-electron chi connectivity index (χ0n) is 11.7. The smallest absolute Gasteiger partial charge is 0.229 e. The molecule has 0 radical (unpaired) electrons. The molecule has 0 bridgehead atoms. The molecule has 0 spiro atoms. The number of rotatable bonds is 2. The third-order valence-corrected chi connectivity index (χ3v) is 4.51. The fraction of sp³-hybridized carbons (Fsp3) is 0.250. The molecule has 2 N–H and O–H groups in total. The first-order valence-corrected chi connectivity index (χ1v) is 7.67. The zero-order valence-corrected chi connectivity index (χ0v) is 13.3. The van der Waals surface area contributed by atoms with Crippen molar-refractivity contribution >= 4 is 33.2 Å². The predicted octanol–water partition coefficient (Wildman–Crippen LogP) is 3.38. The standard InChI is InChI=1S/C16H16BrN3O/c1-10-6-13(9-19-15(10)17)20-16(21)12-7-11-4-2-3-5-14(11)18-8-12/h2-6,9,12,18H,7-8H2,1H3,(H,20,21). The van der Waals surface area contributed by atoms with Gasteiger partial charge in [-0.2, -0.15) is 0 Å². The lowest BCUT2D eigenvalue weighted by molar-refractivity contribution is -0.119. The van der Waals surface area contributed by atoms with Crippen molar-refractivity contribution in [2.45, 2.75) is 13.3 Å². The number of carbonyl (C=O) groups excluding carboxylic acids is 1. The van der Waals surface area contributed by atoms with Crippen LogP contribution >= 0.6 is 15.9 Å². The maximum atomic E-state index is 12.4. The van der Waals surface area contributed by atoms with Crippen molar-refractivity contribution in [3.05, 3.63) is 52.3 Å². The van der Waals surface area contributed by atoms with Crippen molar-refractivity contribution in [3.8, 4) is 0 Å². The number of halogens is 1. The molecule has 0 saturated heterocycles. The Hall–Kier alpha value is -1.88. The minimum atomic E-state index is -0.0659. The Morgan fingerprint density at radius 2 is 2.24 bits per heavy atom. The van der Waals surface area contributed by atoms with Crippen LogP contribution in [0.15, 0.2) is 41.1 Å². The summed E-state index contributed by atoms with van der Waals surface area (Å²) in [5, 5.41) is 6.26. The molecule has 0 saturated carbocycles. The van der Waals surface area contributed by atoms with Gasteiger partial charge in [-0.25, -0.2) is 4.98 Å². The lowest BCUT2D eigenvalue weighted by Gasteiger charge is -2.25. The lowest BCUT2D eigenvalue weighted by atomic mass is 9.93. The Morgan fingerprint density at radius 1 is 1.43 bits per heavy atom. The number of nitrogens with zero attached hydrogens (tertiary/aromatic N) is 1. The Kier molecular flexibility index (Phi) is 3.92. The van der Waals surface area contributed by atoms with Gasteiger partial charge in [0.15, 0.2) is 0 Å². The van der Waals surface area contributed by atoms with E-state index in [9.17, 15) is 4.79 Å². The number of anilines is 2. The Morgan fingerprint density at radius 3 is 3.05 bits per heavy atom. The van der Waals surface area contributed by atoms with Gasteiger partial charge in [-0.15, -0.1) is 0 Å². The number of aryl methyl sites for hydroxylation is 1. The van der Waals surface area contributed by atoms with Crippen LogP contribution in [0.1, 0.15) is 11.1 Å². The van der Waals surface area contributed by atoms with Crippen LogP contribution in [0.3, 0.4) is 0 Å². The summed E-state index contributed by atoms with van der Waals surface area (Å²) in [7, 11) is 0. The molecule has 0 aliphatic carbocycles. The highest BCUT2D eigenvalue weighted by atomic mass is 79.9. The third kappa shape index (κ3) is 3.08. The Bertz CT molecular complexity index is 687. The lowest BCUT2D eigenvalue weighted by Crippen LogP contribution is -2.33. The van der Waals surface area contributed by atoms with Crippen molar-refractivity contribution in [3.63, 3.8) is 0 Å². The number of hydrogen-bond donors (Lipinski definition) is 2. The fourth-order valence-electron chi connectivity index (χ4n) is 2.50. The first-order valence-electron chi connectivity index (χ1n) is 6.88. The van der Waals surface area contributed by atoms with Crippen LogP contribution in [-0.2, 0) is 11.2 Å². The minimum absolute atomic E-state index is 0.0283. The summed E-state index contributed by atoms with van der Waals surface area (Å²) in [6.45, 7) is 2.61. The summed E-state index contributed by atoms with van der Waals surface area (Å²) in [6.07, 6.45) is 2.43. The van der Waals surface area contributed by atoms with Gasteiger partial charge in [0.2, 0.25) is 5.91 Å². The minimum Gasteiger partial charge on any atom is -0.384 e. The summed E-state index contributed by atoms with van der Waals surface area (Å²) in [4.78, 5) is 16.6. The topological polar surface area (TPSA) is 54.0 Å². The molecule has 1 unspecified atom stereocenters. The van der Waals surface area contributed by atoms with E-state index in [1.54, 1.807) is 6.20 Å². The van der Waals surface area contributed by atoms with Crippen LogP contribution < -0.4 is 10.6 Å². The van der Waals surface area contributed by atoms with Gasteiger partial charge < -0.3 is 10.6 Å². The highest BCUT2D eigenvalue weighted by molar-refractivity contribution is 9.10. The van der Waals surface area contributed by atoms with Gasteiger partial charge in [0.25, 0.3) is 0 Å². The first-order chi connectivity index (χ1) is 10.1. The molecule has 1 atom stereocenters. The van der Waals surface area contributed by atoms with Crippen LogP contribution in [-0.4, -0.2) is 17.4 Å². The van der Waals surface area contributed by atoms with E-state index in [1.807, 2.05) is 31.2 Å². The molecule has 2 aromatic rings. The summed E-state index contributed by atoms with van der Waals surface area (Å²) in [5.41, 5.74) is 4.05. The van der Waals surface area contributed by atoms with Gasteiger partial charge in [0.05, 0.1) is 17.8 Å². The third-order valence-electron chi connectivity index (χ3n) is 3.68. The fourth-order valence-corrected chi connectivity index (χ4v) is 2.71. The number of aromatic nitrogens is 1. The van der Waals surface area contributed by atoms with Gasteiger partial charge in [0.1, 0.15) is 4.60 Å². The molecule has 21 heavy (non-hydrogen) atoms. The summed E-state index contributed by atoms with van der Waals surface area (Å²) in [6, 6.07) is 10.0. The second-order valence-electron chi connectivity index (χ2n) is 5.26. The molecule has 0 fully saturated rings.